The molecule has 0 aliphatic rings. The zero-order valence-electron chi connectivity index (χ0n) is 17.7. The molecule has 0 aliphatic heterocycles. The Hall–Kier alpha value is -2.93. The molecule has 1 aromatic heterocycles. The van der Waals surface area contributed by atoms with Gasteiger partial charge in [-0.1, -0.05) is 15.5 Å². The van der Waals surface area contributed by atoms with Gasteiger partial charge >= 0.3 is 10.5 Å². The second kappa shape index (κ2) is 11.3. The molecule has 0 fully saturated rings. The molecule has 3 aromatic rings. The highest BCUT2D eigenvalue weighted by Gasteiger charge is 2.15. The van der Waals surface area contributed by atoms with Crippen molar-refractivity contribution in [1.29, 1.82) is 0 Å². The molecule has 0 atom stereocenters. The number of hydrogen-bond donors (Lipinski definition) is 1. The number of methoxy groups -OCH3 is 2. The number of rotatable bonds is 12. The van der Waals surface area contributed by atoms with Crippen molar-refractivity contribution in [3.8, 4) is 17.2 Å². The molecule has 1 N–H and O–H groups in total. The topological polar surface area (TPSA) is 118 Å². The van der Waals surface area contributed by atoms with Crippen LogP contribution in [0, 0.1) is 0 Å². The van der Waals surface area contributed by atoms with Gasteiger partial charge in [0.1, 0.15) is 31.1 Å². The number of benzene rings is 2. The smallest absolute Gasteiger partial charge is 0.487 e. The number of ether oxygens (including phenoxy) is 4. The summed E-state index contributed by atoms with van der Waals surface area (Å²) in [7, 11) is -2.08. The third-order valence-corrected chi connectivity index (χ3v) is 4.73. The first-order valence-electron chi connectivity index (χ1n) is 9.53. The fraction of sp³-hybridized carbons (Fsp3) is 0.300. The van der Waals surface area contributed by atoms with Crippen LogP contribution < -0.4 is 19.0 Å². The molecule has 0 bridgehead atoms. The van der Waals surface area contributed by atoms with Crippen LogP contribution in [-0.4, -0.2) is 59.0 Å². The zero-order valence-corrected chi connectivity index (χ0v) is 19.3. The summed E-state index contributed by atoms with van der Waals surface area (Å²) in [6, 6.07) is 7.31. The number of anilines is 2. The SMILES string of the molecule is COCCOc1cc2ncnc(Nc3cc(Cl)cc(OS(=O)(=O)F)c3)c2cc1OCCOC. The zero-order chi connectivity index (χ0) is 23.8. The maximum Gasteiger partial charge on any atom is 0.488 e. The van der Waals surface area contributed by atoms with E-state index < -0.39 is 10.5 Å². The van der Waals surface area contributed by atoms with Crippen molar-refractivity contribution < 1.29 is 35.4 Å². The first kappa shape index (κ1) is 24.7. The lowest BCUT2D eigenvalue weighted by atomic mass is 10.2. The molecule has 1 heterocycles. The lowest BCUT2D eigenvalue weighted by molar-refractivity contribution is 0.132. The quantitative estimate of drug-likeness (QED) is 0.291. The molecule has 0 saturated heterocycles. The van der Waals surface area contributed by atoms with Gasteiger partial charge in [0.05, 0.1) is 18.7 Å². The fourth-order valence-electron chi connectivity index (χ4n) is 2.79. The third kappa shape index (κ3) is 7.29. The molecular formula is C20H21ClFN3O7S. The summed E-state index contributed by atoms with van der Waals surface area (Å²) in [5.41, 5.74) is 0.854. The van der Waals surface area contributed by atoms with Gasteiger partial charge in [-0.05, 0) is 12.1 Å². The highest BCUT2D eigenvalue weighted by Crippen LogP contribution is 2.36. The molecule has 0 spiro atoms. The Bertz CT molecular complexity index is 1210. The molecule has 0 aliphatic carbocycles. The average molecular weight is 502 g/mol. The van der Waals surface area contributed by atoms with E-state index in [9.17, 15) is 12.3 Å². The largest absolute Gasteiger partial charge is 0.488 e. The lowest BCUT2D eigenvalue weighted by Crippen LogP contribution is -2.09. The van der Waals surface area contributed by atoms with Gasteiger partial charge in [0.25, 0.3) is 0 Å². The predicted octanol–water partition coefficient (Wildman–Crippen LogP) is 3.67. The van der Waals surface area contributed by atoms with Crippen LogP contribution in [0.2, 0.25) is 5.02 Å². The minimum atomic E-state index is -5.21. The molecule has 33 heavy (non-hydrogen) atoms. The summed E-state index contributed by atoms with van der Waals surface area (Å²) in [4.78, 5) is 8.51. The van der Waals surface area contributed by atoms with Crippen LogP contribution >= 0.6 is 11.6 Å². The maximum absolute atomic E-state index is 12.9. The van der Waals surface area contributed by atoms with E-state index in [1.807, 2.05) is 0 Å². The maximum atomic E-state index is 12.9. The van der Waals surface area contributed by atoms with E-state index in [-0.39, 0.29) is 17.4 Å². The van der Waals surface area contributed by atoms with Crippen LogP contribution in [0.25, 0.3) is 10.9 Å². The van der Waals surface area contributed by atoms with Gasteiger partial charge in [0.2, 0.25) is 0 Å². The number of nitrogens with one attached hydrogen (secondary N) is 1. The van der Waals surface area contributed by atoms with Crippen LogP contribution in [0.1, 0.15) is 0 Å². The van der Waals surface area contributed by atoms with E-state index in [0.29, 0.717) is 53.7 Å². The molecule has 3 rings (SSSR count). The molecule has 0 unspecified atom stereocenters. The lowest BCUT2D eigenvalue weighted by Gasteiger charge is -2.15. The van der Waals surface area contributed by atoms with Crippen LogP contribution in [-0.2, 0) is 20.0 Å². The second-order valence-electron chi connectivity index (χ2n) is 6.50. The minimum Gasteiger partial charge on any atom is -0.487 e. The monoisotopic (exact) mass is 501 g/mol. The van der Waals surface area contributed by atoms with Gasteiger partial charge in [-0.15, -0.1) is 0 Å². The molecule has 0 saturated carbocycles. The van der Waals surface area contributed by atoms with Crippen molar-refractivity contribution in [3.63, 3.8) is 0 Å². The average Bonchev–Trinajstić information content (AvgIpc) is 2.73. The molecule has 2 aromatic carbocycles. The summed E-state index contributed by atoms with van der Waals surface area (Å²) in [5, 5.41) is 3.70. The second-order valence-corrected chi connectivity index (χ2v) is 7.89. The molecule has 0 amide bonds. The number of halogens is 2. The normalized spacial score (nSPS) is 11.4. The Morgan fingerprint density at radius 3 is 2.24 bits per heavy atom. The van der Waals surface area contributed by atoms with Crippen molar-refractivity contribution in [3.05, 3.63) is 41.7 Å². The highest BCUT2D eigenvalue weighted by atomic mass is 35.5. The number of nitrogens with zero attached hydrogens (tertiary/aromatic N) is 2. The van der Waals surface area contributed by atoms with Gasteiger partial charge in [0.15, 0.2) is 11.5 Å². The Kier molecular flexibility index (Phi) is 8.44. The van der Waals surface area contributed by atoms with E-state index in [1.165, 1.54) is 18.5 Å². The Balaban J connectivity index is 1.97. The van der Waals surface area contributed by atoms with Crippen molar-refractivity contribution in [2.24, 2.45) is 0 Å². The van der Waals surface area contributed by atoms with E-state index in [0.717, 1.165) is 6.07 Å². The first-order valence-corrected chi connectivity index (χ1v) is 11.2. The van der Waals surface area contributed by atoms with Crippen molar-refractivity contribution in [2.75, 3.05) is 46.0 Å². The summed E-state index contributed by atoms with van der Waals surface area (Å²) in [5.74, 6) is 0.957. The van der Waals surface area contributed by atoms with Gasteiger partial charge in [0, 0.05) is 48.5 Å². The molecule has 178 valence electrons. The first-order chi connectivity index (χ1) is 15.8. The molecule has 13 heteroatoms. The minimum absolute atomic E-state index is 0.120. The Labute approximate surface area is 195 Å². The van der Waals surface area contributed by atoms with Gasteiger partial charge in [-0.25, -0.2) is 9.97 Å². The standard InChI is InChI=1S/C20H21ClFN3O7S/c1-28-3-5-30-18-10-16-17(11-19(18)31-6-4-29-2)23-12-24-20(16)25-14-7-13(21)8-15(9-14)32-33(22,26)27/h7-12H,3-6H2,1-2H3,(H,23,24,25). The van der Waals surface area contributed by atoms with E-state index in [1.54, 1.807) is 26.4 Å². The van der Waals surface area contributed by atoms with Crippen LogP contribution in [0.3, 0.4) is 0 Å². The highest BCUT2D eigenvalue weighted by molar-refractivity contribution is 7.81. The molecule has 10 nitrogen and oxygen atoms in total. The molecular weight excluding hydrogens is 481 g/mol. The van der Waals surface area contributed by atoms with Crippen LogP contribution in [0.4, 0.5) is 15.4 Å². The Morgan fingerprint density at radius 2 is 1.61 bits per heavy atom. The van der Waals surface area contributed by atoms with Gasteiger partial charge in [-0.2, -0.15) is 8.42 Å². The Morgan fingerprint density at radius 1 is 0.939 bits per heavy atom. The third-order valence-electron chi connectivity index (χ3n) is 4.12. The fourth-order valence-corrected chi connectivity index (χ4v) is 3.35. The summed E-state index contributed by atoms with van der Waals surface area (Å²) < 4.78 is 60.4. The number of hydrogen-bond acceptors (Lipinski definition) is 10. The van der Waals surface area contributed by atoms with Crippen LogP contribution in [0.15, 0.2) is 36.7 Å². The number of fused-ring (bicyclic) bond motifs is 1. The van der Waals surface area contributed by atoms with Crippen molar-refractivity contribution in [2.45, 2.75) is 0 Å². The molecule has 0 radical (unpaired) electrons. The van der Waals surface area contributed by atoms with Gasteiger partial charge < -0.3 is 28.4 Å². The summed E-state index contributed by atoms with van der Waals surface area (Å²) >= 11 is 6.01. The van der Waals surface area contributed by atoms with E-state index in [4.69, 9.17) is 30.5 Å². The van der Waals surface area contributed by atoms with Crippen LogP contribution in [0.5, 0.6) is 17.2 Å². The summed E-state index contributed by atoms with van der Waals surface area (Å²) in [6.07, 6.45) is 1.34. The van der Waals surface area contributed by atoms with Crippen molar-refractivity contribution >= 4 is 44.5 Å². The summed E-state index contributed by atoms with van der Waals surface area (Å²) in [6.45, 7) is 1.35. The van der Waals surface area contributed by atoms with Gasteiger partial charge in [-0.3, -0.25) is 0 Å². The number of aromatic nitrogens is 2. The van der Waals surface area contributed by atoms with E-state index in [2.05, 4.69) is 19.5 Å². The predicted molar refractivity (Wildman–Crippen MR) is 120 cm³/mol. The van der Waals surface area contributed by atoms with Crippen molar-refractivity contribution in [1.82, 2.24) is 9.97 Å². The van der Waals surface area contributed by atoms with E-state index >= 15 is 0 Å².